The van der Waals surface area contributed by atoms with E-state index >= 15 is 0 Å². The van der Waals surface area contributed by atoms with Crippen LogP contribution in [0.25, 0.3) is 0 Å². The number of rotatable bonds is 6. The van der Waals surface area contributed by atoms with Crippen LogP contribution in [0.5, 0.6) is 0 Å². The Balaban J connectivity index is 1.65. The largest absolute Gasteiger partial charge is 0.326 e. The first kappa shape index (κ1) is 22.1. The number of hydrogen-bond acceptors (Lipinski definition) is 5. The second-order valence-electron chi connectivity index (χ2n) is 7.80. The summed E-state index contributed by atoms with van der Waals surface area (Å²) in [6.45, 7) is 3.33. The van der Waals surface area contributed by atoms with Crippen LogP contribution in [0.1, 0.15) is 60.5 Å². The minimum atomic E-state index is -0.487. The van der Waals surface area contributed by atoms with Gasteiger partial charge in [0.15, 0.2) is 0 Å². The van der Waals surface area contributed by atoms with Crippen molar-refractivity contribution in [2.24, 2.45) is 11.0 Å². The van der Waals surface area contributed by atoms with Gasteiger partial charge in [-0.3, -0.25) is 19.7 Å². The second-order valence-corrected chi connectivity index (χ2v) is 7.80. The molecule has 0 saturated heterocycles. The number of amides is 2. The quantitative estimate of drug-likeness (QED) is 0.403. The van der Waals surface area contributed by atoms with Gasteiger partial charge in [0.25, 0.3) is 11.6 Å². The lowest BCUT2D eigenvalue weighted by Gasteiger charge is -2.20. The average molecular weight is 422 g/mol. The molecule has 162 valence electrons. The van der Waals surface area contributed by atoms with E-state index in [1.54, 1.807) is 13.8 Å². The maximum Gasteiger partial charge on any atom is 0.272 e. The molecule has 2 aromatic rings. The van der Waals surface area contributed by atoms with Crippen LogP contribution in [-0.4, -0.2) is 22.4 Å². The highest BCUT2D eigenvalue weighted by Crippen LogP contribution is 2.25. The lowest BCUT2D eigenvalue weighted by Crippen LogP contribution is -2.24. The van der Waals surface area contributed by atoms with Gasteiger partial charge in [0.05, 0.1) is 10.6 Å². The molecule has 2 aromatic carbocycles. The van der Waals surface area contributed by atoms with Crippen LogP contribution >= 0.6 is 0 Å². The molecule has 0 spiro atoms. The van der Waals surface area contributed by atoms with Crippen molar-refractivity contribution in [3.05, 3.63) is 69.3 Å². The molecule has 0 radical (unpaired) electrons. The maximum absolute atomic E-state index is 12.5. The van der Waals surface area contributed by atoms with Gasteiger partial charge in [-0.05, 0) is 56.5 Å². The molecule has 1 aliphatic rings. The van der Waals surface area contributed by atoms with Crippen molar-refractivity contribution in [2.75, 3.05) is 5.32 Å². The third-order valence-corrected chi connectivity index (χ3v) is 5.50. The molecule has 8 heteroatoms. The molecule has 8 nitrogen and oxygen atoms in total. The Kier molecular flexibility index (Phi) is 7.12. The van der Waals surface area contributed by atoms with E-state index in [9.17, 15) is 19.7 Å². The fraction of sp³-hybridized carbons (Fsp3) is 0.348. The molecule has 0 atom stereocenters. The Morgan fingerprint density at radius 1 is 1.06 bits per heavy atom. The number of nitrogens with zero attached hydrogens (tertiary/aromatic N) is 2. The predicted molar refractivity (Wildman–Crippen MR) is 119 cm³/mol. The molecule has 2 amide bonds. The van der Waals surface area contributed by atoms with Gasteiger partial charge >= 0.3 is 0 Å². The number of hydrogen-bond donors (Lipinski definition) is 2. The van der Waals surface area contributed by atoms with Gasteiger partial charge in [-0.1, -0.05) is 31.4 Å². The van der Waals surface area contributed by atoms with Crippen molar-refractivity contribution < 1.29 is 14.5 Å². The van der Waals surface area contributed by atoms with E-state index in [1.807, 2.05) is 24.3 Å². The summed E-state index contributed by atoms with van der Waals surface area (Å²) in [6, 6.07) is 11.5. The van der Waals surface area contributed by atoms with Crippen molar-refractivity contribution in [1.29, 1.82) is 0 Å². The van der Waals surface area contributed by atoms with Gasteiger partial charge in [0.1, 0.15) is 0 Å². The van der Waals surface area contributed by atoms with Gasteiger partial charge in [-0.15, -0.1) is 0 Å². The monoisotopic (exact) mass is 422 g/mol. The van der Waals surface area contributed by atoms with Crippen molar-refractivity contribution >= 4 is 28.9 Å². The van der Waals surface area contributed by atoms with E-state index in [1.165, 1.54) is 24.6 Å². The van der Waals surface area contributed by atoms with Crippen LogP contribution < -0.4 is 10.7 Å². The summed E-state index contributed by atoms with van der Waals surface area (Å²) in [5.41, 5.74) is 5.16. The number of aryl methyl sites for hydroxylation is 1. The molecular weight excluding hydrogens is 396 g/mol. The lowest BCUT2D eigenvalue weighted by atomic mass is 9.88. The highest BCUT2D eigenvalue weighted by atomic mass is 16.6. The number of nitro groups is 1. The number of carbonyl (C=O) groups excluding carboxylic acids is 2. The van der Waals surface area contributed by atoms with Gasteiger partial charge in [-0.2, -0.15) is 5.10 Å². The van der Waals surface area contributed by atoms with Gasteiger partial charge in [0.2, 0.25) is 5.91 Å². The molecule has 0 bridgehead atoms. The third kappa shape index (κ3) is 5.75. The summed E-state index contributed by atoms with van der Waals surface area (Å²) in [6.07, 6.45) is 5.25. The molecule has 3 rings (SSSR count). The van der Waals surface area contributed by atoms with Crippen LogP contribution in [0.2, 0.25) is 0 Å². The number of anilines is 1. The van der Waals surface area contributed by atoms with E-state index in [-0.39, 0.29) is 23.1 Å². The second kappa shape index (κ2) is 9.97. The molecule has 2 N–H and O–H groups in total. The summed E-state index contributed by atoms with van der Waals surface area (Å²) >= 11 is 0. The molecule has 0 heterocycles. The number of carbonyl (C=O) groups is 2. The molecule has 0 aromatic heterocycles. The SMILES string of the molecule is C/C(=N\NC(=O)c1ccc([N+](=O)[O-])c(C)c1)c1cccc(NC(=O)C2CCCCC2)c1. The highest BCUT2D eigenvalue weighted by Gasteiger charge is 2.21. The fourth-order valence-corrected chi connectivity index (χ4v) is 3.70. The van der Waals surface area contributed by atoms with Crippen molar-refractivity contribution in [3.63, 3.8) is 0 Å². The van der Waals surface area contributed by atoms with Gasteiger partial charge < -0.3 is 5.32 Å². The first-order valence-electron chi connectivity index (χ1n) is 10.4. The van der Waals surface area contributed by atoms with Gasteiger partial charge in [0, 0.05) is 28.8 Å². The Morgan fingerprint density at radius 2 is 1.81 bits per heavy atom. The number of benzene rings is 2. The summed E-state index contributed by atoms with van der Waals surface area (Å²) in [4.78, 5) is 35.3. The van der Waals surface area contributed by atoms with Crippen molar-refractivity contribution in [2.45, 2.75) is 46.0 Å². The zero-order valence-corrected chi connectivity index (χ0v) is 17.7. The normalized spacial score (nSPS) is 14.7. The minimum Gasteiger partial charge on any atom is -0.326 e. The number of nitro benzene ring substituents is 1. The predicted octanol–water partition coefficient (Wildman–Crippen LogP) is 4.58. The van der Waals surface area contributed by atoms with Crippen LogP contribution in [0, 0.1) is 23.0 Å². The van der Waals surface area contributed by atoms with Crippen LogP contribution in [-0.2, 0) is 4.79 Å². The molecule has 0 aliphatic heterocycles. The molecular formula is C23H26N4O4. The summed E-state index contributed by atoms with van der Waals surface area (Å²) in [7, 11) is 0. The summed E-state index contributed by atoms with van der Waals surface area (Å²) < 4.78 is 0. The van der Waals surface area contributed by atoms with E-state index < -0.39 is 10.8 Å². The van der Waals surface area contributed by atoms with E-state index in [0.717, 1.165) is 31.2 Å². The average Bonchev–Trinajstić information content (AvgIpc) is 2.77. The Morgan fingerprint density at radius 3 is 2.48 bits per heavy atom. The van der Waals surface area contributed by atoms with E-state index in [0.29, 0.717) is 17.0 Å². The zero-order valence-electron chi connectivity index (χ0n) is 17.7. The molecule has 1 saturated carbocycles. The number of hydrazone groups is 1. The lowest BCUT2D eigenvalue weighted by molar-refractivity contribution is -0.385. The van der Waals surface area contributed by atoms with Crippen LogP contribution in [0.15, 0.2) is 47.6 Å². The van der Waals surface area contributed by atoms with E-state index in [4.69, 9.17) is 0 Å². The van der Waals surface area contributed by atoms with Crippen LogP contribution in [0.4, 0.5) is 11.4 Å². The molecule has 0 unspecified atom stereocenters. The smallest absolute Gasteiger partial charge is 0.272 e. The maximum atomic E-state index is 12.5. The zero-order chi connectivity index (χ0) is 22.4. The van der Waals surface area contributed by atoms with Gasteiger partial charge in [-0.25, -0.2) is 5.43 Å². The Bertz CT molecular complexity index is 1030. The molecule has 1 fully saturated rings. The molecule has 1 aliphatic carbocycles. The third-order valence-electron chi connectivity index (χ3n) is 5.50. The number of nitrogens with one attached hydrogen (secondary N) is 2. The summed E-state index contributed by atoms with van der Waals surface area (Å²) in [5, 5.41) is 18.0. The highest BCUT2D eigenvalue weighted by molar-refractivity contribution is 6.02. The standard InChI is InChI=1S/C23H26N4O4/c1-15-13-19(11-12-21(15)27(30)31)23(29)26-25-16(2)18-9-6-10-20(14-18)24-22(28)17-7-4-3-5-8-17/h6,9-14,17H,3-5,7-8H2,1-2H3,(H,24,28)(H,26,29)/b25-16+. The Labute approximate surface area is 180 Å². The van der Waals surface area contributed by atoms with Crippen molar-refractivity contribution in [1.82, 2.24) is 5.43 Å². The topological polar surface area (TPSA) is 114 Å². The first-order valence-corrected chi connectivity index (χ1v) is 10.4. The van der Waals surface area contributed by atoms with E-state index in [2.05, 4.69) is 15.8 Å². The Hall–Kier alpha value is -3.55. The van der Waals surface area contributed by atoms with Crippen LogP contribution in [0.3, 0.4) is 0 Å². The molecule has 31 heavy (non-hydrogen) atoms. The fourth-order valence-electron chi connectivity index (χ4n) is 3.70. The minimum absolute atomic E-state index is 0.0386. The van der Waals surface area contributed by atoms with Crippen molar-refractivity contribution in [3.8, 4) is 0 Å². The summed E-state index contributed by atoms with van der Waals surface area (Å²) in [5.74, 6) is -0.344. The first-order chi connectivity index (χ1) is 14.8.